The summed E-state index contributed by atoms with van der Waals surface area (Å²) in [7, 11) is 0. The monoisotopic (exact) mass is 327 g/mol. The lowest BCUT2D eigenvalue weighted by atomic mass is 9.89. The maximum Gasteiger partial charge on any atom is 0.231 e. The molecular weight excluding hydrogens is 302 g/mol. The number of hydrogen-bond donors (Lipinski definition) is 0. The number of piperidine rings is 1. The van der Waals surface area contributed by atoms with Gasteiger partial charge < -0.3 is 9.32 Å². The first-order valence-corrected chi connectivity index (χ1v) is 8.64. The fraction of sp³-hybridized carbons (Fsp3) is 0.526. The number of carbonyl (C=O) groups is 1. The third-order valence-electron chi connectivity index (χ3n) is 4.93. The van der Waals surface area contributed by atoms with Crippen molar-refractivity contribution in [3.05, 3.63) is 46.7 Å². The molecule has 1 aliphatic heterocycles. The van der Waals surface area contributed by atoms with Crippen LogP contribution in [0.2, 0.25) is 0 Å². The van der Waals surface area contributed by atoms with Gasteiger partial charge in [-0.05, 0) is 55.7 Å². The summed E-state index contributed by atoms with van der Waals surface area (Å²) in [5.41, 5.74) is 4.11. The van der Waals surface area contributed by atoms with E-state index in [4.69, 9.17) is 4.42 Å². The van der Waals surface area contributed by atoms with Gasteiger partial charge in [0.2, 0.25) is 17.7 Å². The van der Waals surface area contributed by atoms with Gasteiger partial charge >= 0.3 is 0 Å². The van der Waals surface area contributed by atoms with Crippen LogP contribution in [0.1, 0.15) is 41.3 Å². The van der Waals surface area contributed by atoms with Gasteiger partial charge in [-0.1, -0.05) is 18.2 Å². The quantitative estimate of drug-likeness (QED) is 0.866. The molecule has 1 aromatic heterocycles. The maximum absolute atomic E-state index is 12.3. The third kappa shape index (κ3) is 4.02. The van der Waals surface area contributed by atoms with E-state index in [2.05, 4.69) is 42.2 Å². The van der Waals surface area contributed by atoms with Crippen molar-refractivity contribution in [2.75, 3.05) is 13.1 Å². The van der Waals surface area contributed by atoms with Crippen molar-refractivity contribution in [1.29, 1.82) is 0 Å². The van der Waals surface area contributed by atoms with Gasteiger partial charge in [0.1, 0.15) is 6.42 Å². The number of hydrogen-bond acceptors (Lipinski definition) is 4. The van der Waals surface area contributed by atoms with E-state index in [9.17, 15) is 4.79 Å². The van der Waals surface area contributed by atoms with Gasteiger partial charge in [0.05, 0.1) is 0 Å². The number of benzene rings is 1. The molecule has 1 aromatic carbocycles. The molecular formula is C19H25N3O2. The van der Waals surface area contributed by atoms with Crippen LogP contribution in [0.25, 0.3) is 0 Å². The molecule has 0 N–H and O–H groups in total. The van der Waals surface area contributed by atoms with Crippen molar-refractivity contribution in [3.8, 4) is 0 Å². The molecule has 24 heavy (non-hydrogen) atoms. The number of aromatic nitrogens is 2. The van der Waals surface area contributed by atoms with Gasteiger partial charge in [0, 0.05) is 20.0 Å². The lowest BCUT2D eigenvalue weighted by molar-refractivity contribution is -0.132. The SMILES string of the molecule is Cc1nnc(CC(=O)N2CCC(Cc3ccc(C)c(C)c3)CC2)o1. The minimum Gasteiger partial charge on any atom is -0.425 e. The molecule has 128 valence electrons. The zero-order valence-electron chi connectivity index (χ0n) is 14.7. The second kappa shape index (κ2) is 7.16. The Labute approximate surface area is 143 Å². The van der Waals surface area contributed by atoms with Crippen molar-refractivity contribution in [3.63, 3.8) is 0 Å². The van der Waals surface area contributed by atoms with Crippen LogP contribution >= 0.6 is 0 Å². The summed E-state index contributed by atoms with van der Waals surface area (Å²) in [6.45, 7) is 7.69. The summed E-state index contributed by atoms with van der Waals surface area (Å²) in [5, 5.41) is 7.67. The van der Waals surface area contributed by atoms with Gasteiger partial charge in [0.15, 0.2) is 0 Å². The topological polar surface area (TPSA) is 59.2 Å². The second-order valence-electron chi connectivity index (χ2n) is 6.84. The fourth-order valence-corrected chi connectivity index (χ4v) is 3.30. The summed E-state index contributed by atoms with van der Waals surface area (Å²) in [5.74, 6) is 1.66. The molecule has 3 rings (SSSR count). The van der Waals surface area contributed by atoms with E-state index in [0.29, 0.717) is 17.7 Å². The molecule has 2 heterocycles. The van der Waals surface area contributed by atoms with E-state index < -0.39 is 0 Å². The van der Waals surface area contributed by atoms with Crippen LogP contribution in [0, 0.1) is 26.7 Å². The Kier molecular flexibility index (Phi) is 4.97. The van der Waals surface area contributed by atoms with E-state index in [1.165, 1.54) is 16.7 Å². The number of amides is 1. The minimum atomic E-state index is 0.0864. The first-order chi connectivity index (χ1) is 11.5. The molecule has 0 radical (unpaired) electrons. The number of aryl methyl sites for hydroxylation is 3. The predicted octanol–water partition coefficient (Wildman–Crippen LogP) is 3.02. The molecule has 1 aliphatic rings. The highest BCUT2D eigenvalue weighted by Crippen LogP contribution is 2.23. The Morgan fingerprint density at radius 2 is 1.92 bits per heavy atom. The van der Waals surface area contributed by atoms with Crippen LogP contribution in [0.15, 0.2) is 22.6 Å². The Bertz CT molecular complexity index is 715. The fourth-order valence-electron chi connectivity index (χ4n) is 3.30. The highest BCUT2D eigenvalue weighted by atomic mass is 16.4. The van der Waals surface area contributed by atoms with E-state index in [1.807, 2.05) is 4.90 Å². The Morgan fingerprint density at radius 3 is 2.54 bits per heavy atom. The van der Waals surface area contributed by atoms with Gasteiger partial charge in [-0.2, -0.15) is 0 Å². The maximum atomic E-state index is 12.3. The highest BCUT2D eigenvalue weighted by Gasteiger charge is 2.24. The van der Waals surface area contributed by atoms with Gasteiger partial charge in [-0.3, -0.25) is 4.79 Å². The Balaban J connectivity index is 1.50. The zero-order chi connectivity index (χ0) is 17.1. The van der Waals surface area contributed by atoms with E-state index in [-0.39, 0.29) is 12.3 Å². The first-order valence-electron chi connectivity index (χ1n) is 8.64. The van der Waals surface area contributed by atoms with Crippen molar-refractivity contribution in [1.82, 2.24) is 15.1 Å². The number of rotatable bonds is 4. The van der Waals surface area contributed by atoms with Crippen LogP contribution < -0.4 is 0 Å². The Morgan fingerprint density at radius 1 is 1.17 bits per heavy atom. The normalized spacial score (nSPS) is 15.7. The number of nitrogens with zero attached hydrogens (tertiary/aromatic N) is 3. The summed E-state index contributed by atoms with van der Waals surface area (Å²) < 4.78 is 5.30. The molecule has 0 saturated carbocycles. The third-order valence-corrected chi connectivity index (χ3v) is 4.93. The first kappa shape index (κ1) is 16.7. The van der Waals surface area contributed by atoms with Gasteiger partial charge in [-0.15, -0.1) is 10.2 Å². The smallest absolute Gasteiger partial charge is 0.231 e. The lowest BCUT2D eigenvalue weighted by Crippen LogP contribution is -2.39. The van der Waals surface area contributed by atoms with E-state index >= 15 is 0 Å². The van der Waals surface area contributed by atoms with Gasteiger partial charge in [0.25, 0.3) is 0 Å². The van der Waals surface area contributed by atoms with Crippen molar-refractivity contribution < 1.29 is 9.21 Å². The Hall–Kier alpha value is -2.17. The average Bonchev–Trinajstić information content (AvgIpc) is 2.96. The van der Waals surface area contributed by atoms with Crippen LogP contribution in [0.5, 0.6) is 0 Å². The second-order valence-corrected chi connectivity index (χ2v) is 6.84. The summed E-state index contributed by atoms with van der Waals surface area (Å²) in [6, 6.07) is 6.73. The molecule has 0 bridgehead atoms. The lowest BCUT2D eigenvalue weighted by Gasteiger charge is -2.32. The highest BCUT2D eigenvalue weighted by molar-refractivity contribution is 5.77. The van der Waals surface area contributed by atoms with Crippen LogP contribution in [0.3, 0.4) is 0 Å². The summed E-state index contributed by atoms with van der Waals surface area (Å²) in [4.78, 5) is 14.2. The minimum absolute atomic E-state index is 0.0864. The van der Waals surface area contributed by atoms with E-state index in [0.717, 1.165) is 32.4 Å². The summed E-state index contributed by atoms with van der Waals surface area (Å²) in [6.07, 6.45) is 3.43. The molecule has 1 amide bonds. The molecule has 0 spiro atoms. The van der Waals surface area contributed by atoms with Crippen molar-refractivity contribution >= 4 is 5.91 Å². The molecule has 2 aromatic rings. The number of likely N-dealkylation sites (tertiary alicyclic amines) is 1. The largest absolute Gasteiger partial charge is 0.425 e. The molecule has 0 unspecified atom stereocenters. The zero-order valence-corrected chi connectivity index (χ0v) is 14.7. The van der Waals surface area contributed by atoms with Crippen LogP contribution in [0.4, 0.5) is 0 Å². The van der Waals surface area contributed by atoms with E-state index in [1.54, 1.807) is 6.92 Å². The molecule has 0 aliphatic carbocycles. The molecule has 1 saturated heterocycles. The average molecular weight is 327 g/mol. The van der Waals surface area contributed by atoms with Crippen LogP contribution in [-0.2, 0) is 17.6 Å². The summed E-state index contributed by atoms with van der Waals surface area (Å²) >= 11 is 0. The van der Waals surface area contributed by atoms with Crippen LogP contribution in [-0.4, -0.2) is 34.1 Å². The van der Waals surface area contributed by atoms with Gasteiger partial charge in [-0.25, -0.2) is 0 Å². The molecule has 5 nitrogen and oxygen atoms in total. The standard InChI is InChI=1S/C19H25N3O2/c1-13-4-5-17(10-14(13)2)11-16-6-8-22(9-7-16)19(23)12-18-21-20-15(3)24-18/h4-5,10,16H,6-9,11-12H2,1-3H3. The molecule has 1 fully saturated rings. The predicted molar refractivity (Wildman–Crippen MR) is 91.7 cm³/mol. The van der Waals surface area contributed by atoms with Crippen molar-refractivity contribution in [2.24, 2.45) is 5.92 Å². The van der Waals surface area contributed by atoms with Crippen molar-refractivity contribution in [2.45, 2.75) is 46.5 Å². The number of carbonyl (C=O) groups excluding carboxylic acids is 1. The molecule has 5 heteroatoms. The molecule has 0 atom stereocenters.